The van der Waals surface area contributed by atoms with E-state index in [0.29, 0.717) is 21.6 Å². The topological polar surface area (TPSA) is 34.9 Å². The molecule has 3 nitrogen and oxygen atoms in total. The first kappa shape index (κ1) is 13.3. The fourth-order valence-corrected chi connectivity index (χ4v) is 2.69. The van der Waals surface area contributed by atoms with E-state index in [1.165, 1.54) is 0 Å². The van der Waals surface area contributed by atoms with Crippen molar-refractivity contribution >= 4 is 38.4 Å². The van der Waals surface area contributed by atoms with Gasteiger partial charge in [0.15, 0.2) is 4.60 Å². The number of fused-ring (bicyclic) bond motifs is 1. The zero-order valence-electron chi connectivity index (χ0n) is 10.4. The second-order valence-electron chi connectivity index (χ2n) is 4.42. The Morgan fingerprint density at radius 1 is 1.15 bits per heavy atom. The van der Waals surface area contributed by atoms with E-state index in [0.717, 1.165) is 11.1 Å². The van der Waals surface area contributed by atoms with E-state index in [1.54, 1.807) is 16.8 Å². The predicted molar refractivity (Wildman–Crippen MR) is 84.3 cm³/mol. The van der Waals surface area contributed by atoms with E-state index in [4.69, 9.17) is 11.6 Å². The van der Waals surface area contributed by atoms with Gasteiger partial charge in [-0.3, -0.25) is 9.48 Å². The van der Waals surface area contributed by atoms with Crippen LogP contribution in [-0.2, 0) is 6.54 Å². The fourth-order valence-electron chi connectivity index (χ4n) is 2.11. The third-order valence-electron chi connectivity index (χ3n) is 3.05. The fraction of sp³-hybridized carbons (Fsp3) is 0.0667. The molecule has 1 aromatic heterocycles. The number of aromatic nitrogens is 2. The minimum absolute atomic E-state index is 0.146. The molecule has 0 spiro atoms. The monoisotopic (exact) mass is 348 g/mol. The molecule has 0 saturated carbocycles. The zero-order valence-corrected chi connectivity index (χ0v) is 12.7. The molecular weight excluding hydrogens is 340 g/mol. The van der Waals surface area contributed by atoms with Gasteiger partial charge >= 0.3 is 0 Å². The Morgan fingerprint density at radius 2 is 1.90 bits per heavy atom. The summed E-state index contributed by atoms with van der Waals surface area (Å²) in [5.41, 5.74) is 1.74. The van der Waals surface area contributed by atoms with Crippen molar-refractivity contribution in [2.45, 2.75) is 6.54 Å². The summed E-state index contributed by atoms with van der Waals surface area (Å²) in [5, 5.41) is 5.41. The highest BCUT2D eigenvalue weighted by atomic mass is 79.9. The Hall–Kier alpha value is -1.65. The molecule has 2 aromatic carbocycles. The standard InChI is InChI=1S/C15H10BrClN2O/c16-15-14(20)12-8-11(17)6-7-13(12)19(18-15)9-10-4-2-1-3-5-10/h1-8H,9H2. The lowest BCUT2D eigenvalue weighted by Gasteiger charge is -2.10. The largest absolute Gasteiger partial charge is 0.286 e. The SMILES string of the molecule is O=c1c(Br)nn(Cc2ccccc2)c2ccc(Cl)cc12. The number of halogens is 2. The molecule has 1 heterocycles. The van der Waals surface area contributed by atoms with Crippen LogP contribution in [0, 0.1) is 0 Å². The van der Waals surface area contributed by atoms with Crippen LogP contribution >= 0.6 is 27.5 Å². The second-order valence-corrected chi connectivity index (χ2v) is 5.61. The maximum Gasteiger partial charge on any atom is 0.222 e. The van der Waals surface area contributed by atoms with Crippen molar-refractivity contribution in [3.8, 4) is 0 Å². The summed E-state index contributed by atoms with van der Waals surface area (Å²) in [5.74, 6) is 0. The molecule has 0 radical (unpaired) electrons. The lowest BCUT2D eigenvalue weighted by atomic mass is 10.2. The molecule has 0 amide bonds. The van der Waals surface area contributed by atoms with Gasteiger partial charge in [0, 0.05) is 5.02 Å². The first-order valence-corrected chi connectivity index (χ1v) is 7.22. The van der Waals surface area contributed by atoms with Gasteiger partial charge in [0.1, 0.15) is 0 Å². The van der Waals surface area contributed by atoms with Crippen LogP contribution in [0.4, 0.5) is 0 Å². The van der Waals surface area contributed by atoms with Gasteiger partial charge in [0.25, 0.3) is 0 Å². The Labute approximate surface area is 128 Å². The number of rotatable bonds is 2. The average molecular weight is 350 g/mol. The van der Waals surface area contributed by atoms with Gasteiger partial charge < -0.3 is 0 Å². The van der Waals surface area contributed by atoms with Crippen molar-refractivity contribution in [3.63, 3.8) is 0 Å². The van der Waals surface area contributed by atoms with Crippen molar-refractivity contribution < 1.29 is 0 Å². The highest BCUT2D eigenvalue weighted by molar-refractivity contribution is 9.10. The average Bonchev–Trinajstić information content (AvgIpc) is 2.45. The van der Waals surface area contributed by atoms with Gasteiger partial charge in [-0.2, -0.15) is 5.10 Å². The summed E-state index contributed by atoms with van der Waals surface area (Å²) in [6.07, 6.45) is 0. The maximum absolute atomic E-state index is 12.1. The Bertz CT molecular complexity index is 830. The van der Waals surface area contributed by atoms with Gasteiger partial charge in [-0.1, -0.05) is 41.9 Å². The summed E-state index contributed by atoms with van der Waals surface area (Å²) in [6.45, 7) is 0.595. The van der Waals surface area contributed by atoms with Crippen LogP contribution in [0.5, 0.6) is 0 Å². The smallest absolute Gasteiger partial charge is 0.222 e. The number of benzene rings is 2. The predicted octanol–water partition coefficient (Wildman–Crippen LogP) is 3.86. The van der Waals surface area contributed by atoms with E-state index < -0.39 is 0 Å². The zero-order chi connectivity index (χ0) is 14.1. The van der Waals surface area contributed by atoms with E-state index in [9.17, 15) is 4.79 Å². The molecule has 0 atom stereocenters. The number of hydrogen-bond donors (Lipinski definition) is 0. The van der Waals surface area contributed by atoms with Crippen LogP contribution in [0.25, 0.3) is 10.9 Å². The minimum Gasteiger partial charge on any atom is -0.286 e. The van der Waals surface area contributed by atoms with Gasteiger partial charge in [-0.25, -0.2) is 0 Å². The van der Waals surface area contributed by atoms with Crippen LogP contribution in [0.3, 0.4) is 0 Å². The Kier molecular flexibility index (Phi) is 3.59. The Balaban J connectivity index is 2.21. The maximum atomic E-state index is 12.1. The molecule has 5 heteroatoms. The molecule has 3 aromatic rings. The molecule has 0 N–H and O–H groups in total. The molecule has 0 aliphatic rings. The molecule has 0 unspecified atom stereocenters. The molecule has 0 bridgehead atoms. The van der Waals surface area contributed by atoms with Gasteiger partial charge in [-0.15, -0.1) is 0 Å². The molecule has 0 aliphatic carbocycles. The van der Waals surface area contributed by atoms with Crippen LogP contribution in [0.2, 0.25) is 5.02 Å². The third-order valence-corrected chi connectivity index (χ3v) is 3.81. The van der Waals surface area contributed by atoms with Gasteiger partial charge in [-0.05, 0) is 39.7 Å². The number of nitrogens with zero attached hydrogens (tertiary/aromatic N) is 2. The summed E-state index contributed by atoms with van der Waals surface area (Å²) in [6, 6.07) is 15.2. The van der Waals surface area contributed by atoms with Crippen LogP contribution < -0.4 is 5.43 Å². The molecule has 20 heavy (non-hydrogen) atoms. The normalized spacial score (nSPS) is 10.9. The molecule has 0 aliphatic heterocycles. The molecule has 0 saturated heterocycles. The highest BCUT2D eigenvalue weighted by Crippen LogP contribution is 2.18. The summed E-state index contributed by atoms with van der Waals surface area (Å²) >= 11 is 9.19. The first-order valence-electron chi connectivity index (χ1n) is 6.05. The highest BCUT2D eigenvalue weighted by Gasteiger charge is 2.09. The van der Waals surface area contributed by atoms with E-state index in [-0.39, 0.29) is 5.43 Å². The van der Waals surface area contributed by atoms with Gasteiger partial charge in [0.05, 0.1) is 17.4 Å². The van der Waals surface area contributed by atoms with E-state index >= 15 is 0 Å². The summed E-state index contributed by atoms with van der Waals surface area (Å²) in [4.78, 5) is 12.1. The van der Waals surface area contributed by atoms with E-state index in [2.05, 4.69) is 21.0 Å². The third kappa shape index (κ3) is 2.49. The number of hydrogen-bond acceptors (Lipinski definition) is 2. The second kappa shape index (κ2) is 5.38. The van der Waals surface area contributed by atoms with Crippen molar-refractivity contribution in [1.82, 2.24) is 9.78 Å². The summed E-state index contributed by atoms with van der Waals surface area (Å²) < 4.78 is 2.09. The quantitative estimate of drug-likeness (QED) is 0.704. The summed E-state index contributed by atoms with van der Waals surface area (Å²) in [7, 11) is 0. The molecular formula is C15H10BrClN2O. The van der Waals surface area contributed by atoms with Crippen molar-refractivity contribution in [3.05, 3.63) is 73.9 Å². The van der Waals surface area contributed by atoms with Crippen LogP contribution in [0.1, 0.15) is 5.56 Å². The Morgan fingerprint density at radius 3 is 2.65 bits per heavy atom. The van der Waals surface area contributed by atoms with Crippen molar-refractivity contribution in [1.29, 1.82) is 0 Å². The van der Waals surface area contributed by atoms with Crippen molar-refractivity contribution in [2.75, 3.05) is 0 Å². The molecule has 3 rings (SSSR count). The van der Waals surface area contributed by atoms with Gasteiger partial charge in [0.2, 0.25) is 5.43 Å². The molecule has 100 valence electrons. The van der Waals surface area contributed by atoms with Crippen LogP contribution in [0.15, 0.2) is 57.9 Å². The van der Waals surface area contributed by atoms with E-state index in [1.807, 2.05) is 36.4 Å². The minimum atomic E-state index is -0.146. The molecule has 0 fully saturated rings. The van der Waals surface area contributed by atoms with Crippen molar-refractivity contribution in [2.24, 2.45) is 0 Å². The van der Waals surface area contributed by atoms with Crippen LogP contribution in [-0.4, -0.2) is 9.78 Å². The first-order chi connectivity index (χ1) is 9.65. The lowest BCUT2D eigenvalue weighted by molar-refractivity contribution is 0.686. The lowest BCUT2D eigenvalue weighted by Crippen LogP contribution is -2.15.